The van der Waals surface area contributed by atoms with Crippen LogP contribution in [-0.2, 0) is 27.4 Å². The number of alkyl carbamates (subject to hydrolysis) is 1. The second-order valence-electron chi connectivity index (χ2n) is 7.28. The van der Waals surface area contributed by atoms with Crippen molar-refractivity contribution < 1.29 is 29.0 Å². The van der Waals surface area contributed by atoms with Crippen LogP contribution in [0.2, 0.25) is 0 Å². The first kappa shape index (κ1) is 25.2. The fourth-order valence-electron chi connectivity index (χ4n) is 3.01. The van der Waals surface area contributed by atoms with Gasteiger partial charge >= 0.3 is 18.1 Å². The van der Waals surface area contributed by atoms with Crippen LogP contribution in [0.25, 0.3) is 0 Å². The first-order valence-corrected chi connectivity index (χ1v) is 10.4. The van der Waals surface area contributed by atoms with Crippen LogP contribution in [0.5, 0.6) is 0 Å². The monoisotopic (exact) mass is 456 g/mol. The molecule has 0 aromatic heterocycles. The summed E-state index contributed by atoms with van der Waals surface area (Å²) in [4.78, 5) is 47.5. The van der Waals surface area contributed by atoms with Crippen LogP contribution in [-0.4, -0.2) is 47.7 Å². The zero-order valence-corrected chi connectivity index (χ0v) is 18.0. The number of hydrogen-bond acceptors (Lipinski definition) is 5. The number of ether oxygens (including phenoxy) is 1. The maximum absolute atomic E-state index is 12.9. The van der Waals surface area contributed by atoms with Gasteiger partial charge in [-0.05, 0) is 24.0 Å². The van der Waals surface area contributed by atoms with E-state index in [2.05, 4.69) is 16.0 Å². The number of aliphatic carboxylic acids is 1. The fraction of sp³-hybridized carbons (Fsp3) is 0.304. The molecule has 33 heavy (non-hydrogen) atoms. The maximum Gasteiger partial charge on any atom is 0.408 e. The molecule has 176 valence electrons. The van der Waals surface area contributed by atoms with E-state index in [1.54, 1.807) is 36.4 Å². The average molecular weight is 456 g/mol. The lowest BCUT2D eigenvalue weighted by Gasteiger charge is -2.21. The molecule has 0 bridgehead atoms. The van der Waals surface area contributed by atoms with Gasteiger partial charge in [0.1, 0.15) is 18.7 Å². The number of hydrogen-bond donors (Lipinski definition) is 5. The molecule has 0 saturated carbocycles. The molecule has 0 fully saturated rings. The summed E-state index contributed by atoms with van der Waals surface area (Å²) in [5.41, 5.74) is 6.54. The van der Waals surface area contributed by atoms with Crippen LogP contribution in [0, 0.1) is 0 Å². The molecule has 6 N–H and O–H groups in total. The predicted octanol–water partition coefficient (Wildman–Crippen LogP) is 1.54. The van der Waals surface area contributed by atoms with Crippen molar-refractivity contribution in [1.82, 2.24) is 16.0 Å². The van der Waals surface area contributed by atoms with Crippen molar-refractivity contribution in [1.29, 1.82) is 0 Å². The Labute approximate surface area is 191 Å². The van der Waals surface area contributed by atoms with Gasteiger partial charge < -0.3 is 31.5 Å². The standard InChI is InChI=1S/C23H28N4O6/c24-22(31)25-13-7-12-18(21(29)30)26-20(28)19(14-16-8-3-1-4-9-16)27-23(32)33-15-17-10-5-2-6-11-17/h1-6,8-11,18-19H,7,12-15H2,(H,26,28)(H,27,32)(H,29,30)(H3,24,25,31)/t18-,19-/m0/s1. The Hall–Kier alpha value is -4.08. The average Bonchev–Trinajstić information content (AvgIpc) is 2.80. The number of nitrogens with one attached hydrogen (secondary N) is 3. The van der Waals surface area contributed by atoms with Gasteiger partial charge in [-0.3, -0.25) is 4.79 Å². The summed E-state index contributed by atoms with van der Waals surface area (Å²) in [7, 11) is 0. The van der Waals surface area contributed by atoms with Crippen molar-refractivity contribution in [2.45, 2.75) is 38.0 Å². The number of amides is 4. The minimum Gasteiger partial charge on any atom is -0.480 e. The van der Waals surface area contributed by atoms with Crippen molar-refractivity contribution in [3.8, 4) is 0 Å². The van der Waals surface area contributed by atoms with Gasteiger partial charge in [0.15, 0.2) is 0 Å². The van der Waals surface area contributed by atoms with E-state index < -0.39 is 36.1 Å². The van der Waals surface area contributed by atoms with Gasteiger partial charge in [-0.25, -0.2) is 14.4 Å². The summed E-state index contributed by atoms with van der Waals surface area (Å²) in [6.45, 7) is 0.198. The molecule has 0 spiro atoms. The Balaban J connectivity index is 2.01. The first-order valence-electron chi connectivity index (χ1n) is 10.4. The highest BCUT2D eigenvalue weighted by atomic mass is 16.5. The number of primary amides is 1. The van der Waals surface area contributed by atoms with Gasteiger partial charge in [-0.1, -0.05) is 60.7 Å². The number of rotatable bonds is 12. The van der Waals surface area contributed by atoms with Crippen molar-refractivity contribution in [2.75, 3.05) is 6.54 Å². The Morgan fingerprint density at radius 3 is 2.06 bits per heavy atom. The third-order valence-corrected chi connectivity index (χ3v) is 4.69. The number of benzene rings is 2. The van der Waals surface area contributed by atoms with Crippen LogP contribution in [0.15, 0.2) is 60.7 Å². The normalized spacial score (nSPS) is 12.1. The van der Waals surface area contributed by atoms with E-state index in [0.29, 0.717) is 0 Å². The van der Waals surface area contributed by atoms with Crippen molar-refractivity contribution in [2.24, 2.45) is 5.73 Å². The first-order chi connectivity index (χ1) is 15.8. The van der Waals surface area contributed by atoms with E-state index in [1.807, 2.05) is 24.3 Å². The number of urea groups is 1. The van der Waals surface area contributed by atoms with Gasteiger partial charge in [0.25, 0.3) is 0 Å². The topological polar surface area (TPSA) is 160 Å². The van der Waals surface area contributed by atoms with E-state index in [-0.39, 0.29) is 32.4 Å². The molecule has 2 rings (SSSR count). The zero-order chi connectivity index (χ0) is 24.1. The van der Waals surface area contributed by atoms with E-state index in [4.69, 9.17) is 10.5 Å². The number of carbonyl (C=O) groups excluding carboxylic acids is 3. The van der Waals surface area contributed by atoms with Crippen molar-refractivity contribution >= 4 is 24.0 Å². The largest absolute Gasteiger partial charge is 0.480 e. The third-order valence-electron chi connectivity index (χ3n) is 4.69. The van der Waals surface area contributed by atoms with E-state index in [9.17, 15) is 24.3 Å². The number of carbonyl (C=O) groups is 4. The fourth-order valence-corrected chi connectivity index (χ4v) is 3.01. The molecule has 0 radical (unpaired) electrons. The lowest BCUT2D eigenvalue weighted by Crippen LogP contribution is -2.52. The van der Waals surface area contributed by atoms with Gasteiger partial charge in [-0.2, -0.15) is 0 Å². The smallest absolute Gasteiger partial charge is 0.408 e. The van der Waals surface area contributed by atoms with Crippen LogP contribution < -0.4 is 21.7 Å². The molecule has 0 aliphatic heterocycles. The Kier molecular flexibility index (Phi) is 10.2. The Bertz CT molecular complexity index is 923. The molecule has 0 unspecified atom stereocenters. The molecule has 0 aliphatic rings. The minimum absolute atomic E-state index is 0.0248. The Morgan fingerprint density at radius 2 is 1.48 bits per heavy atom. The van der Waals surface area contributed by atoms with Crippen LogP contribution in [0.1, 0.15) is 24.0 Å². The SMILES string of the molecule is NC(=O)NCCC[C@H](NC(=O)[C@H](Cc1ccccc1)NC(=O)OCc1ccccc1)C(=O)O. The van der Waals surface area contributed by atoms with E-state index >= 15 is 0 Å². The van der Waals surface area contributed by atoms with Crippen LogP contribution in [0.3, 0.4) is 0 Å². The van der Waals surface area contributed by atoms with Crippen LogP contribution >= 0.6 is 0 Å². The molecule has 0 aliphatic carbocycles. The third kappa shape index (κ3) is 9.72. The van der Waals surface area contributed by atoms with Crippen molar-refractivity contribution in [3.63, 3.8) is 0 Å². The van der Waals surface area contributed by atoms with E-state index in [0.717, 1.165) is 11.1 Å². The summed E-state index contributed by atoms with van der Waals surface area (Å²) < 4.78 is 5.20. The Morgan fingerprint density at radius 1 is 0.879 bits per heavy atom. The summed E-state index contributed by atoms with van der Waals surface area (Å²) >= 11 is 0. The highest BCUT2D eigenvalue weighted by molar-refractivity contribution is 5.89. The molecule has 0 heterocycles. The summed E-state index contributed by atoms with van der Waals surface area (Å²) in [5, 5.41) is 16.8. The molecule has 10 nitrogen and oxygen atoms in total. The lowest BCUT2D eigenvalue weighted by atomic mass is 10.0. The van der Waals surface area contributed by atoms with Crippen LogP contribution in [0.4, 0.5) is 9.59 Å². The minimum atomic E-state index is -1.23. The lowest BCUT2D eigenvalue weighted by molar-refractivity contribution is -0.142. The molecule has 10 heteroatoms. The summed E-state index contributed by atoms with van der Waals surface area (Å²) in [6.07, 6.45) is -0.302. The number of carboxylic acids is 1. The molecule has 4 amide bonds. The number of carboxylic acid groups (broad SMARTS) is 1. The van der Waals surface area contributed by atoms with E-state index in [1.165, 1.54) is 0 Å². The molecule has 2 atom stereocenters. The second-order valence-corrected chi connectivity index (χ2v) is 7.28. The summed E-state index contributed by atoms with van der Waals surface area (Å²) in [6, 6.07) is 15.1. The molecular formula is C23H28N4O6. The molecule has 2 aromatic carbocycles. The van der Waals surface area contributed by atoms with Gasteiger partial charge in [-0.15, -0.1) is 0 Å². The van der Waals surface area contributed by atoms with Crippen molar-refractivity contribution in [3.05, 3.63) is 71.8 Å². The van der Waals surface area contributed by atoms with Gasteiger partial charge in [0.05, 0.1) is 0 Å². The molecule has 0 saturated heterocycles. The quantitative estimate of drug-likeness (QED) is 0.305. The van der Waals surface area contributed by atoms with Gasteiger partial charge in [0.2, 0.25) is 5.91 Å². The molecule has 2 aromatic rings. The maximum atomic E-state index is 12.9. The zero-order valence-electron chi connectivity index (χ0n) is 18.0. The number of nitrogens with two attached hydrogens (primary N) is 1. The van der Waals surface area contributed by atoms with Gasteiger partial charge in [0, 0.05) is 13.0 Å². The summed E-state index contributed by atoms with van der Waals surface area (Å²) in [5.74, 6) is -1.89. The predicted molar refractivity (Wildman–Crippen MR) is 120 cm³/mol. The highest BCUT2D eigenvalue weighted by Gasteiger charge is 2.27. The highest BCUT2D eigenvalue weighted by Crippen LogP contribution is 2.07. The molecular weight excluding hydrogens is 428 g/mol. The second kappa shape index (κ2) is 13.4.